The summed E-state index contributed by atoms with van der Waals surface area (Å²) in [7, 11) is 0. The van der Waals surface area contributed by atoms with E-state index in [1.165, 1.54) is 0 Å². The van der Waals surface area contributed by atoms with E-state index in [4.69, 9.17) is 9.47 Å². The topological polar surface area (TPSA) is 67.9 Å². The third-order valence-corrected chi connectivity index (χ3v) is 5.38. The van der Waals surface area contributed by atoms with Gasteiger partial charge in [-0.05, 0) is 23.6 Å². The summed E-state index contributed by atoms with van der Waals surface area (Å²) >= 11 is 0. The van der Waals surface area contributed by atoms with Crippen molar-refractivity contribution >= 4 is 34.0 Å². The summed E-state index contributed by atoms with van der Waals surface area (Å²) in [5.74, 6) is 0.686. The van der Waals surface area contributed by atoms with Crippen LogP contribution < -0.4 is 19.7 Å². The number of hydrogen-bond acceptors (Lipinski definition) is 4. The SMILES string of the molecule is O=C(Nc1cccc2ccccc12)[C@H]1CC(=O)N(c2ccc3c(c2)OCCO3)C1. The summed E-state index contributed by atoms with van der Waals surface area (Å²) in [5.41, 5.74) is 1.48. The zero-order valence-corrected chi connectivity index (χ0v) is 15.8. The van der Waals surface area contributed by atoms with Gasteiger partial charge in [-0.2, -0.15) is 0 Å². The number of rotatable bonds is 3. The van der Waals surface area contributed by atoms with Gasteiger partial charge in [-0.1, -0.05) is 36.4 Å². The van der Waals surface area contributed by atoms with Crippen molar-refractivity contribution in [3.8, 4) is 11.5 Å². The normalized spacial score (nSPS) is 18.1. The lowest BCUT2D eigenvalue weighted by atomic mass is 10.1. The first kappa shape index (κ1) is 17.6. The smallest absolute Gasteiger partial charge is 0.229 e. The van der Waals surface area contributed by atoms with Crippen LogP contribution >= 0.6 is 0 Å². The lowest BCUT2D eigenvalue weighted by molar-refractivity contribution is -0.122. The van der Waals surface area contributed by atoms with Crippen molar-refractivity contribution in [2.24, 2.45) is 5.92 Å². The predicted octanol–water partition coefficient (Wildman–Crippen LogP) is 3.60. The van der Waals surface area contributed by atoms with Crippen molar-refractivity contribution in [2.45, 2.75) is 6.42 Å². The minimum absolute atomic E-state index is 0.0697. The van der Waals surface area contributed by atoms with Gasteiger partial charge in [0.15, 0.2) is 11.5 Å². The number of carbonyl (C=O) groups excluding carboxylic acids is 2. The maximum Gasteiger partial charge on any atom is 0.229 e. The molecular weight excluding hydrogens is 368 g/mol. The van der Waals surface area contributed by atoms with Crippen LogP contribution in [0.15, 0.2) is 60.7 Å². The molecular formula is C23H20N2O4. The summed E-state index contributed by atoms with van der Waals surface area (Å²) in [4.78, 5) is 27.1. The molecule has 29 heavy (non-hydrogen) atoms. The van der Waals surface area contributed by atoms with Gasteiger partial charge in [0.1, 0.15) is 13.2 Å². The van der Waals surface area contributed by atoms with Crippen molar-refractivity contribution in [3.05, 3.63) is 60.7 Å². The Kier molecular flexibility index (Phi) is 4.31. The Bertz CT molecular complexity index is 1110. The van der Waals surface area contributed by atoms with E-state index < -0.39 is 5.92 Å². The molecule has 1 N–H and O–H groups in total. The maximum absolute atomic E-state index is 12.9. The molecule has 1 fully saturated rings. The van der Waals surface area contributed by atoms with Crippen LogP contribution in [-0.4, -0.2) is 31.6 Å². The van der Waals surface area contributed by atoms with Gasteiger partial charge < -0.3 is 19.7 Å². The molecule has 3 aromatic carbocycles. The van der Waals surface area contributed by atoms with Gasteiger partial charge in [-0.3, -0.25) is 9.59 Å². The van der Waals surface area contributed by atoms with Crippen molar-refractivity contribution in [1.29, 1.82) is 0 Å². The Balaban J connectivity index is 1.34. The molecule has 0 unspecified atom stereocenters. The Morgan fingerprint density at radius 3 is 2.66 bits per heavy atom. The molecule has 2 amide bonds. The van der Waals surface area contributed by atoms with E-state index in [0.717, 1.165) is 22.1 Å². The highest BCUT2D eigenvalue weighted by Gasteiger charge is 2.35. The van der Waals surface area contributed by atoms with E-state index in [0.29, 0.717) is 31.3 Å². The first-order valence-corrected chi connectivity index (χ1v) is 9.68. The zero-order chi connectivity index (χ0) is 19.8. The lowest BCUT2D eigenvalue weighted by Gasteiger charge is -2.22. The van der Waals surface area contributed by atoms with Crippen molar-refractivity contribution in [2.75, 3.05) is 30.0 Å². The van der Waals surface area contributed by atoms with Gasteiger partial charge in [0.05, 0.1) is 5.92 Å². The highest BCUT2D eigenvalue weighted by Crippen LogP contribution is 2.36. The molecule has 146 valence electrons. The van der Waals surface area contributed by atoms with Gasteiger partial charge in [-0.15, -0.1) is 0 Å². The van der Waals surface area contributed by atoms with Crippen LogP contribution in [0.25, 0.3) is 10.8 Å². The van der Waals surface area contributed by atoms with Crippen molar-refractivity contribution in [3.63, 3.8) is 0 Å². The van der Waals surface area contributed by atoms with Crippen LogP contribution in [-0.2, 0) is 9.59 Å². The third kappa shape index (κ3) is 3.27. The van der Waals surface area contributed by atoms with Crippen LogP contribution in [0.5, 0.6) is 11.5 Å². The number of nitrogens with zero attached hydrogens (tertiary/aromatic N) is 1. The molecule has 0 saturated carbocycles. The highest BCUT2D eigenvalue weighted by molar-refractivity contribution is 6.07. The number of hydrogen-bond donors (Lipinski definition) is 1. The summed E-state index contributed by atoms with van der Waals surface area (Å²) in [6.07, 6.45) is 0.186. The highest BCUT2D eigenvalue weighted by atomic mass is 16.6. The van der Waals surface area contributed by atoms with Gasteiger partial charge in [0.25, 0.3) is 0 Å². The molecule has 2 aliphatic rings. The van der Waals surface area contributed by atoms with E-state index in [1.807, 2.05) is 48.5 Å². The van der Waals surface area contributed by atoms with E-state index in [2.05, 4.69) is 5.32 Å². The summed E-state index contributed by atoms with van der Waals surface area (Å²) in [5, 5.41) is 5.05. The van der Waals surface area contributed by atoms with Crippen LogP contribution in [0, 0.1) is 5.92 Å². The molecule has 0 spiro atoms. The Hall–Kier alpha value is -3.54. The fraction of sp³-hybridized carbons (Fsp3) is 0.217. The van der Waals surface area contributed by atoms with Gasteiger partial charge in [0, 0.05) is 35.8 Å². The number of benzene rings is 3. The molecule has 0 bridgehead atoms. The Labute approximate surface area is 168 Å². The molecule has 6 heteroatoms. The second kappa shape index (κ2) is 7.13. The van der Waals surface area contributed by atoms with Crippen molar-refractivity contribution in [1.82, 2.24) is 0 Å². The number of nitrogens with one attached hydrogen (secondary N) is 1. The minimum atomic E-state index is -0.408. The second-order valence-electron chi connectivity index (χ2n) is 7.25. The quantitative estimate of drug-likeness (QED) is 0.744. The summed E-state index contributed by atoms with van der Waals surface area (Å²) < 4.78 is 11.1. The predicted molar refractivity (Wildman–Crippen MR) is 110 cm³/mol. The van der Waals surface area contributed by atoms with Crippen LogP contribution in [0.2, 0.25) is 0 Å². The Morgan fingerprint density at radius 1 is 0.966 bits per heavy atom. The minimum Gasteiger partial charge on any atom is -0.486 e. The monoisotopic (exact) mass is 388 g/mol. The fourth-order valence-corrected chi connectivity index (χ4v) is 3.90. The van der Waals surface area contributed by atoms with E-state index in [9.17, 15) is 9.59 Å². The zero-order valence-electron chi connectivity index (χ0n) is 15.8. The Morgan fingerprint density at radius 2 is 1.76 bits per heavy atom. The van der Waals surface area contributed by atoms with Crippen LogP contribution in [0.4, 0.5) is 11.4 Å². The molecule has 1 atom stereocenters. The van der Waals surface area contributed by atoms with E-state index in [1.54, 1.807) is 17.0 Å². The number of anilines is 2. The standard InChI is InChI=1S/C23H20N2O4/c26-22-12-16(14-25(22)17-8-9-20-21(13-17)29-11-10-28-20)23(27)24-19-7-3-5-15-4-1-2-6-18(15)19/h1-9,13,16H,10-12,14H2,(H,24,27)/t16-/m0/s1. The average molecular weight is 388 g/mol. The largest absolute Gasteiger partial charge is 0.486 e. The maximum atomic E-state index is 12.9. The number of amides is 2. The molecule has 2 aliphatic heterocycles. The summed E-state index contributed by atoms with van der Waals surface area (Å²) in [6.45, 7) is 1.35. The molecule has 2 heterocycles. The second-order valence-corrected chi connectivity index (χ2v) is 7.25. The summed E-state index contributed by atoms with van der Waals surface area (Å²) in [6, 6.07) is 19.1. The van der Waals surface area contributed by atoms with E-state index >= 15 is 0 Å². The first-order valence-electron chi connectivity index (χ1n) is 9.68. The van der Waals surface area contributed by atoms with E-state index in [-0.39, 0.29) is 18.2 Å². The van der Waals surface area contributed by atoms with Gasteiger partial charge in [0.2, 0.25) is 11.8 Å². The molecule has 0 radical (unpaired) electrons. The van der Waals surface area contributed by atoms with Crippen LogP contribution in [0.3, 0.4) is 0 Å². The molecule has 1 saturated heterocycles. The lowest BCUT2D eigenvalue weighted by Crippen LogP contribution is -2.28. The van der Waals surface area contributed by atoms with Crippen LogP contribution in [0.1, 0.15) is 6.42 Å². The molecule has 6 nitrogen and oxygen atoms in total. The van der Waals surface area contributed by atoms with Gasteiger partial charge in [-0.25, -0.2) is 0 Å². The fourth-order valence-electron chi connectivity index (χ4n) is 3.90. The molecule has 0 aliphatic carbocycles. The number of carbonyl (C=O) groups is 2. The number of ether oxygens (including phenoxy) is 2. The average Bonchev–Trinajstić information content (AvgIpc) is 3.15. The third-order valence-electron chi connectivity index (χ3n) is 5.38. The first-order chi connectivity index (χ1) is 14.2. The number of fused-ring (bicyclic) bond motifs is 2. The molecule has 3 aromatic rings. The van der Waals surface area contributed by atoms with Gasteiger partial charge >= 0.3 is 0 Å². The molecule has 0 aromatic heterocycles. The molecule has 5 rings (SSSR count). The van der Waals surface area contributed by atoms with Crippen molar-refractivity contribution < 1.29 is 19.1 Å².